The molecule has 0 aliphatic rings. The molecule has 5 heteroatoms. The number of rotatable bonds is 3. The Kier molecular flexibility index (Phi) is 4.35. The molecule has 0 radical (unpaired) electrons. The highest BCUT2D eigenvalue weighted by molar-refractivity contribution is 6.33. The average molecular weight is 296 g/mol. The molecule has 1 N–H and O–H groups in total. The van der Waals surface area contributed by atoms with Crippen LogP contribution in [-0.2, 0) is 0 Å². The minimum atomic E-state index is -0.679. The first kappa shape index (κ1) is 14.5. The first-order chi connectivity index (χ1) is 9.49. The molecule has 0 saturated heterocycles. The van der Waals surface area contributed by atoms with Crippen LogP contribution in [-0.4, -0.2) is 5.91 Å². The number of nitrogens with one attached hydrogen (secondary N) is 1. The molecule has 0 heterocycles. The molecule has 0 aromatic heterocycles. The third-order valence-corrected chi connectivity index (χ3v) is 3.22. The van der Waals surface area contributed by atoms with Crippen molar-refractivity contribution >= 4 is 17.5 Å². The first-order valence-corrected chi connectivity index (χ1v) is 6.37. The maximum absolute atomic E-state index is 13.6. The topological polar surface area (TPSA) is 29.1 Å². The number of carbonyl (C=O) groups is 1. The molecule has 2 aromatic carbocycles. The Hall–Kier alpha value is -1.94. The van der Waals surface area contributed by atoms with Gasteiger partial charge in [-0.3, -0.25) is 4.79 Å². The van der Waals surface area contributed by atoms with E-state index in [2.05, 4.69) is 5.32 Å². The van der Waals surface area contributed by atoms with Crippen molar-refractivity contribution in [2.24, 2.45) is 0 Å². The maximum Gasteiger partial charge on any atom is 0.256 e. The van der Waals surface area contributed by atoms with Crippen LogP contribution in [0.2, 0.25) is 5.02 Å². The molecule has 2 aromatic rings. The second-order valence-electron chi connectivity index (χ2n) is 4.34. The quantitative estimate of drug-likeness (QED) is 0.907. The van der Waals surface area contributed by atoms with Gasteiger partial charge in [-0.15, -0.1) is 0 Å². The second kappa shape index (κ2) is 6.01. The van der Waals surface area contributed by atoms with Gasteiger partial charge < -0.3 is 5.32 Å². The normalized spacial score (nSPS) is 12.0. The number of hydrogen-bond donors (Lipinski definition) is 1. The van der Waals surface area contributed by atoms with E-state index in [1.807, 2.05) is 0 Å². The number of halogens is 3. The Balaban J connectivity index is 2.17. The fourth-order valence-electron chi connectivity index (χ4n) is 1.82. The fourth-order valence-corrected chi connectivity index (χ4v) is 2.07. The largest absolute Gasteiger partial charge is 0.345 e. The highest BCUT2D eigenvalue weighted by Gasteiger charge is 2.18. The van der Waals surface area contributed by atoms with Gasteiger partial charge in [0.25, 0.3) is 5.91 Å². The van der Waals surface area contributed by atoms with E-state index in [1.165, 1.54) is 30.3 Å². The summed E-state index contributed by atoms with van der Waals surface area (Å²) in [6, 6.07) is 9.37. The van der Waals surface area contributed by atoms with Crippen molar-refractivity contribution in [2.75, 3.05) is 0 Å². The Morgan fingerprint density at radius 1 is 1.15 bits per heavy atom. The predicted octanol–water partition coefficient (Wildman–Crippen LogP) is 4.11. The van der Waals surface area contributed by atoms with Gasteiger partial charge in [-0.25, -0.2) is 8.78 Å². The van der Waals surface area contributed by atoms with Gasteiger partial charge in [-0.1, -0.05) is 29.8 Å². The van der Waals surface area contributed by atoms with Crippen LogP contribution in [0.5, 0.6) is 0 Å². The molecule has 0 unspecified atom stereocenters. The zero-order valence-electron chi connectivity index (χ0n) is 10.7. The summed E-state index contributed by atoms with van der Waals surface area (Å²) in [5.74, 6) is -1.64. The van der Waals surface area contributed by atoms with Crippen LogP contribution in [0.25, 0.3) is 0 Å². The van der Waals surface area contributed by atoms with E-state index >= 15 is 0 Å². The summed E-state index contributed by atoms with van der Waals surface area (Å²) < 4.78 is 26.4. The van der Waals surface area contributed by atoms with Crippen LogP contribution in [0.15, 0.2) is 42.5 Å². The lowest BCUT2D eigenvalue weighted by molar-refractivity contribution is 0.0936. The zero-order chi connectivity index (χ0) is 14.7. The van der Waals surface area contributed by atoms with Crippen LogP contribution in [0.4, 0.5) is 8.78 Å². The standard InChI is InChI=1S/C15H12ClF2NO/c1-9(10-5-7-11(17)8-6-10)19-15(20)14-12(16)3-2-4-13(14)18/h2-9H,1H3,(H,19,20)/t9-/m0/s1. The van der Waals surface area contributed by atoms with Crippen molar-refractivity contribution < 1.29 is 13.6 Å². The fraction of sp³-hybridized carbons (Fsp3) is 0.133. The van der Waals surface area contributed by atoms with Crippen LogP contribution in [0, 0.1) is 11.6 Å². The molecular weight excluding hydrogens is 284 g/mol. The van der Waals surface area contributed by atoms with Gasteiger partial charge in [-0.2, -0.15) is 0 Å². The zero-order valence-corrected chi connectivity index (χ0v) is 11.4. The summed E-state index contributed by atoms with van der Waals surface area (Å²) in [4.78, 5) is 12.0. The van der Waals surface area contributed by atoms with Crippen LogP contribution in [0.3, 0.4) is 0 Å². The summed E-state index contributed by atoms with van der Waals surface area (Å²) in [5.41, 5.74) is 0.523. The lowest BCUT2D eigenvalue weighted by Crippen LogP contribution is -2.27. The van der Waals surface area contributed by atoms with E-state index in [4.69, 9.17) is 11.6 Å². The predicted molar refractivity (Wildman–Crippen MR) is 73.7 cm³/mol. The van der Waals surface area contributed by atoms with E-state index < -0.39 is 17.8 Å². The van der Waals surface area contributed by atoms with Crippen molar-refractivity contribution in [3.63, 3.8) is 0 Å². The molecule has 0 aliphatic heterocycles. The molecule has 0 fully saturated rings. The average Bonchev–Trinajstić information content (AvgIpc) is 2.39. The molecule has 0 bridgehead atoms. The third-order valence-electron chi connectivity index (χ3n) is 2.91. The number of carbonyl (C=O) groups excluding carboxylic acids is 1. The van der Waals surface area contributed by atoms with Crippen LogP contribution in [0.1, 0.15) is 28.9 Å². The van der Waals surface area contributed by atoms with Crippen molar-refractivity contribution in [3.05, 3.63) is 70.2 Å². The second-order valence-corrected chi connectivity index (χ2v) is 4.75. The summed E-state index contributed by atoms with van der Waals surface area (Å²) >= 11 is 5.82. The maximum atomic E-state index is 13.6. The van der Waals surface area contributed by atoms with Gasteiger partial charge in [0.05, 0.1) is 16.6 Å². The molecule has 20 heavy (non-hydrogen) atoms. The highest BCUT2D eigenvalue weighted by Crippen LogP contribution is 2.20. The van der Waals surface area contributed by atoms with E-state index in [0.29, 0.717) is 5.56 Å². The molecule has 1 amide bonds. The molecule has 2 nitrogen and oxygen atoms in total. The van der Waals surface area contributed by atoms with Gasteiger partial charge in [0.1, 0.15) is 11.6 Å². The minimum Gasteiger partial charge on any atom is -0.345 e. The number of benzene rings is 2. The van der Waals surface area contributed by atoms with Gasteiger partial charge in [-0.05, 0) is 36.8 Å². The molecule has 104 valence electrons. The Morgan fingerprint density at radius 2 is 1.80 bits per heavy atom. The number of hydrogen-bond acceptors (Lipinski definition) is 1. The number of amides is 1. The van der Waals surface area contributed by atoms with E-state index in [9.17, 15) is 13.6 Å². The summed E-state index contributed by atoms with van der Waals surface area (Å²) in [5, 5.41) is 2.68. The van der Waals surface area contributed by atoms with Crippen LogP contribution < -0.4 is 5.32 Å². The molecule has 0 spiro atoms. The van der Waals surface area contributed by atoms with Gasteiger partial charge in [0, 0.05) is 0 Å². The lowest BCUT2D eigenvalue weighted by Gasteiger charge is -2.15. The summed E-state index contributed by atoms with van der Waals surface area (Å²) in [7, 11) is 0. The molecule has 2 rings (SSSR count). The molecule has 1 atom stereocenters. The van der Waals surface area contributed by atoms with E-state index in [-0.39, 0.29) is 16.4 Å². The summed E-state index contributed by atoms with van der Waals surface area (Å²) in [6.45, 7) is 1.72. The molecule has 0 aliphatic carbocycles. The van der Waals surface area contributed by atoms with Crippen molar-refractivity contribution in [1.82, 2.24) is 5.32 Å². The van der Waals surface area contributed by atoms with Crippen molar-refractivity contribution in [2.45, 2.75) is 13.0 Å². The van der Waals surface area contributed by atoms with Crippen LogP contribution >= 0.6 is 11.6 Å². The van der Waals surface area contributed by atoms with Gasteiger partial charge >= 0.3 is 0 Å². The Morgan fingerprint density at radius 3 is 2.40 bits per heavy atom. The summed E-state index contributed by atoms with van der Waals surface area (Å²) in [6.07, 6.45) is 0. The third kappa shape index (κ3) is 3.14. The highest BCUT2D eigenvalue weighted by atomic mass is 35.5. The lowest BCUT2D eigenvalue weighted by atomic mass is 10.1. The smallest absolute Gasteiger partial charge is 0.256 e. The molecule has 0 saturated carbocycles. The first-order valence-electron chi connectivity index (χ1n) is 5.99. The Labute approximate surface area is 120 Å². The molecular formula is C15H12ClF2NO. The minimum absolute atomic E-state index is 0.0498. The van der Waals surface area contributed by atoms with E-state index in [0.717, 1.165) is 0 Å². The van der Waals surface area contributed by atoms with Gasteiger partial charge in [0.15, 0.2) is 0 Å². The Bertz CT molecular complexity index is 608. The van der Waals surface area contributed by atoms with Crippen molar-refractivity contribution in [1.29, 1.82) is 0 Å². The van der Waals surface area contributed by atoms with Crippen molar-refractivity contribution in [3.8, 4) is 0 Å². The SMILES string of the molecule is C[C@H](NC(=O)c1c(F)cccc1Cl)c1ccc(F)cc1. The van der Waals surface area contributed by atoms with Gasteiger partial charge in [0.2, 0.25) is 0 Å². The monoisotopic (exact) mass is 295 g/mol. The van der Waals surface area contributed by atoms with E-state index in [1.54, 1.807) is 19.1 Å².